The van der Waals surface area contributed by atoms with E-state index in [-0.39, 0.29) is 30.0 Å². The molecule has 5 heteroatoms. The third kappa shape index (κ3) is 4.13. The third-order valence-electron chi connectivity index (χ3n) is 7.01. The first-order valence-electron chi connectivity index (χ1n) is 11.1. The Hall–Kier alpha value is -0.980. The van der Waals surface area contributed by atoms with Crippen molar-refractivity contribution in [3.8, 4) is 0 Å². The summed E-state index contributed by atoms with van der Waals surface area (Å²) in [5.41, 5.74) is -1.84. The van der Waals surface area contributed by atoms with Gasteiger partial charge in [-0.15, -0.1) is 0 Å². The molecule has 1 N–H and O–H groups in total. The SMILES string of the molecule is C/C=C\C=C/C1OC2CC3OC4CCCCOC4(C)CC3(C)OC2C=CC1(C)O. The Morgan fingerprint density at radius 3 is 2.66 bits per heavy atom. The maximum atomic E-state index is 10.9. The molecule has 8 atom stereocenters. The van der Waals surface area contributed by atoms with Crippen LogP contribution in [0.3, 0.4) is 0 Å². The number of rotatable bonds is 2. The van der Waals surface area contributed by atoms with E-state index in [4.69, 9.17) is 18.9 Å². The second kappa shape index (κ2) is 7.93. The molecule has 0 amide bonds. The minimum atomic E-state index is -1.09. The van der Waals surface area contributed by atoms with E-state index < -0.39 is 17.3 Å². The van der Waals surface area contributed by atoms with Gasteiger partial charge < -0.3 is 24.1 Å². The van der Waals surface area contributed by atoms with Crippen LogP contribution in [0.5, 0.6) is 0 Å². The van der Waals surface area contributed by atoms with E-state index >= 15 is 0 Å². The average Bonchev–Trinajstić information content (AvgIpc) is 2.90. The fraction of sp³-hybridized carbons (Fsp3) is 0.750. The van der Waals surface area contributed by atoms with Gasteiger partial charge in [0.2, 0.25) is 0 Å². The summed E-state index contributed by atoms with van der Waals surface area (Å²) in [6, 6.07) is 0. The van der Waals surface area contributed by atoms with Gasteiger partial charge >= 0.3 is 0 Å². The van der Waals surface area contributed by atoms with E-state index in [1.54, 1.807) is 6.92 Å². The molecule has 0 spiro atoms. The highest BCUT2D eigenvalue weighted by atomic mass is 16.6. The summed E-state index contributed by atoms with van der Waals surface area (Å²) >= 11 is 0. The van der Waals surface area contributed by atoms with E-state index in [0.29, 0.717) is 0 Å². The zero-order chi connectivity index (χ0) is 20.7. The molecule has 4 heterocycles. The summed E-state index contributed by atoms with van der Waals surface area (Å²) in [5.74, 6) is 0. The Balaban J connectivity index is 1.57. The largest absolute Gasteiger partial charge is 0.383 e. The third-order valence-corrected chi connectivity index (χ3v) is 7.01. The zero-order valence-electron chi connectivity index (χ0n) is 18.2. The van der Waals surface area contributed by atoms with Gasteiger partial charge in [0.05, 0.1) is 29.5 Å². The number of hydrogen-bond donors (Lipinski definition) is 1. The molecule has 5 nitrogen and oxygen atoms in total. The Labute approximate surface area is 174 Å². The summed E-state index contributed by atoms with van der Waals surface area (Å²) in [5, 5.41) is 10.9. The minimum Gasteiger partial charge on any atom is -0.383 e. The molecule has 0 bridgehead atoms. The van der Waals surface area contributed by atoms with Crippen LogP contribution < -0.4 is 0 Å². The van der Waals surface area contributed by atoms with E-state index in [1.807, 2.05) is 43.4 Å². The topological polar surface area (TPSA) is 57.2 Å². The molecule has 29 heavy (non-hydrogen) atoms. The average molecular weight is 405 g/mol. The Morgan fingerprint density at radius 1 is 1.03 bits per heavy atom. The van der Waals surface area contributed by atoms with Crippen LogP contribution in [-0.2, 0) is 18.9 Å². The molecule has 0 saturated carbocycles. The van der Waals surface area contributed by atoms with Crippen LogP contribution in [0.25, 0.3) is 0 Å². The first kappa shape index (κ1) is 21.3. The van der Waals surface area contributed by atoms with Crippen molar-refractivity contribution in [1.29, 1.82) is 0 Å². The fourth-order valence-corrected chi connectivity index (χ4v) is 5.34. The molecule has 4 aliphatic rings. The number of fused-ring (bicyclic) bond motifs is 3. The number of allylic oxidation sites excluding steroid dienone is 3. The maximum absolute atomic E-state index is 10.9. The molecule has 162 valence electrons. The van der Waals surface area contributed by atoms with E-state index in [2.05, 4.69) is 13.8 Å². The monoisotopic (exact) mass is 404 g/mol. The summed E-state index contributed by atoms with van der Waals surface area (Å²) in [7, 11) is 0. The second-order valence-corrected chi connectivity index (χ2v) is 9.67. The van der Waals surface area contributed by atoms with Gasteiger partial charge in [-0.2, -0.15) is 0 Å². The quantitative estimate of drug-likeness (QED) is 0.559. The highest BCUT2D eigenvalue weighted by molar-refractivity contribution is 5.19. The maximum Gasteiger partial charge on any atom is 0.110 e. The van der Waals surface area contributed by atoms with Crippen molar-refractivity contribution in [3.05, 3.63) is 36.5 Å². The van der Waals surface area contributed by atoms with Crippen molar-refractivity contribution in [2.45, 2.75) is 107 Å². The Kier molecular flexibility index (Phi) is 5.82. The normalized spacial score (nSPS) is 50.6. The van der Waals surface area contributed by atoms with Crippen molar-refractivity contribution in [2.75, 3.05) is 6.61 Å². The molecular formula is C24H36O5. The number of hydrogen-bond acceptors (Lipinski definition) is 5. The standard InChI is InChI=1S/C24H36O5/c1-5-6-7-10-19-22(2,25)13-12-17-18(27-19)15-21-24(4,29-17)16-23(3)20(28-21)11-8-9-14-26-23/h5-7,10,12-13,17-21,25H,8-9,11,14-16H2,1-4H3/b6-5-,10-7-. The summed E-state index contributed by atoms with van der Waals surface area (Å²) in [4.78, 5) is 0. The van der Waals surface area contributed by atoms with Crippen LogP contribution in [0.15, 0.2) is 36.5 Å². The summed E-state index contributed by atoms with van der Waals surface area (Å²) in [6.45, 7) is 8.85. The first-order valence-corrected chi connectivity index (χ1v) is 11.1. The van der Waals surface area contributed by atoms with Crippen molar-refractivity contribution < 1.29 is 24.1 Å². The van der Waals surface area contributed by atoms with Gasteiger partial charge in [0.1, 0.15) is 17.8 Å². The molecular weight excluding hydrogens is 368 g/mol. The highest BCUT2D eigenvalue weighted by Gasteiger charge is 2.58. The van der Waals surface area contributed by atoms with Crippen LogP contribution in [-0.4, -0.2) is 59.0 Å². The molecule has 3 fully saturated rings. The predicted octanol–water partition coefficient (Wildman–Crippen LogP) is 3.86. The lowest BCUT2D eigenvalue weighted by molar-refractivity contribution is -0.310. The lowest BCUT2D eigenvalue weighted by Gasteiger charge is -2.56. The smallest absolute Gasteiger partial charge is 0.110 e. The van der Waals surface area contributed by atoms with E-state index in [1.165, 1.54) is 0 Å². The fourth-order valence-electron chi connectivity index (χ4n) is 5.34. The van der Waals surface area contributed by atoms with Gasteiger partial charge in [-0.25, -0.2) is 0 Å². The lowest BCUT2D eigenvalue weighted by Crippen LogP contribution is -2.66. The van der Waals surface area contributed by atoms with Gasteiger partial charge in [0, 0.05) is 19.4 Å². The van der Waals surface area contributed by atoms with Crippen molar-refractivity contribution in [3.63, 3.8) is 0 Å². The number of ether oxygens (including phenoxy) is 4. The van der Waals surface area contributed by atoms with Gasteiger partial charge in [-0.05, 0) is 47.0 Å². The van der Waals surface area contributed by atoms with Crippen LogP contribution in [0.1, 0.15) is 59.8 Å². The molecule has 0 aromatic rings. The van der Waals surface area contributed by atoms with Crippen molar-refractivity contribution in [2.24, 2.45) is 0 Å². The summed E-state index contributed by atoms with van der Waals surface area (Å²) in [6.07, 6.45) is 15.6. The molecule has 0 radical (unpaired) electrons. The van der Waals surface area contributed by atoms with E-state index in [9.17, 15) is 5.11 Å². The molecule has 0 aliphatic carbocycles. The van der Waals surface area contributed by atoms with Crippen molar-refractivity contribution >= 4 is 0 Å². The van der Waals surface area contributed by atoms with Crippen molar-refractivity contribution in [1.82, 2.24) is 0 Å². The van der Waals surface area contributed by atoms with Crippen LogP contribution >= 0.6 is 0 Å². The molecule has 3 saturated heterocycles. The van der Waals surface area contributed by atoms with Gasteiger partial charge in [-0.1, -0.05) is 36.5 Å². The molecule has 0 aromatic heterocycles. The van der Waals surface area contributed by atoms with E-state index in [0.717, 1.165) is 38.7 Å². The first-order chi connectivity index (χ1) is 13.8. The molecule has 8 unspecified atom stereocenters. The summed E-state index contributed by atoms with van der Waals surface area (Å²) < 4.78 is 25.9. The van der Waals surface area contributed by atoms with Crippen LogP contribution in [0.4, 0.5) is 0 Å². The molecule has 4 rings (SSSR count). The Morgan fingerprint density at radius 2 is 1.86 bits per heavy atom. The van der Waals surface area contributed by atoms with Crippen LogP contribution in [0, 0.1) is 0 Å². The van der Waals surface area contributed by atoms with Gasteiger partial charge in [0.15, 0.2) is 0 Å². The van der Waals surface area contributed by atoms with Gasteiger partial charge in [-0.3, -0.25) is 0 Å². The van der Waals surface area contributed by atoms with Gasteiger partial charge in [0.25, 0.3) is 0 Å². The predicted molar refractivity (Wildman–Crippen MR) is 112 cm³/mol. The number of aliphatic hydroxyl groups is 1. The van der Waals surface area contributed by atoms with Crippen LogP contribution in [0.2, 0.25) is 0 Å². The molecule has 0 aromatic carbocycles. The molecule has 4 aliphatic heterocycles. The lowest BCUT2D eigenvalue weighted by atomic mass is 9.74. The second-order valence-electron chi connectivity index (χ2n) is 9.67. The zero-order valence-corrected chi connectivity index (χ0v) is 18.2. The Bertz CT molecular complexity index is 683. The highest BCUT2D eigenvalue weighted by Crippen LogP contribution is 2.48. The minimum absolute atomic E-state index is 0.0415.